The smallest absolute Gasteiger partial charge is 0.251 e. The highest BCUT2D eigenvalue weighted by Crippen LogP contribution is 2.12. The Kier molecular flexibility index (Phi) is 6.00. The van der Waals surface area contributed by atoms with E-state index in [1.807, 2.05) is 0 Å². The van der Waals surface area contributed by atoms with Gasteiger partial charge in [-0.3, -0.25) is 4.79 Å². The van der Waals surface area contributed by atoms with Crippen LogP contribution in [0.1, 0.15) is 30.6 Å². The summed E-state index contributed by atoms with van der Waals surface area (Å²) in [5.74, 6) is 0.380. The number of hydrogen-bond acceptors (Lipinski definition) is 1. The highest BCUT2D eigenvalue weighted by atomic mass is 79.9. The Hall–Kier alpha value is -0.540. The van der Waals surface area contributed by atoms with Gasteiger partial charge in [-0.05, 0) is 36.6 Å². The Bertz CT molecular complexity index is 364. The molecule has 4 heteroatoms. The number of nitrogens with one attached hydrogen (secondary N) is 1. The van der Waals surface area contributed by atoms with E-state index in [0.29, 0.717) is 16.5 Å². The zero-order chi connectivity index (χ0) is 12.8. The molecule has 0 heterocycles. The summed E-state index contributed by atoms with van der Waals surface area (Å²) in [4.78, 5) is 12.0. The van der Waals surface area contributed by atoms with E-state index in [2.05, 4.69) is 35.1 Å². The van der Waals surface area contributed by atoms with Crippen LogP contribution in [0.5, 0.6) is 0 Å². The minimum atomic E-state index is -0.0404. The van der Waals surface area contributed by atoms with Gasteiger partial charge in [0.05, 0.1) is 0 Å². The summed E-state index contributed by atoms with van der Waals surface area (Å²) in [6, 6.07) is 7.13. The lowest BCUT2D eigenvalue weighted by atomic mass is 10.0. The van der Waals surface area contributed by atoms with Crippen LogP contribution in [0.4, 0.5) is 0 Å². The standard InChI is InChI=1S/C13H17BrClNO/c1-9(2)12(7-8-14)16-13(17)10-3-5-11(15)6-4-10/h3-6,9,12H,7-8H2,1-2H3,(H,16,17). The fourth-order valence-corrected chi connectivity index (χ4v) is 2.16. The van der Waals surface area contributed by atoms with Gasteiger partial charge in [0.2, 0.25) is 0 Å². The number of carbonyl (C=O) groups is 1. The van der Waals surface area contributed by atoms with Gasteiger partial charge in [0.25, 0.3) is 5.91 Å². The molecule has 0 bridgehead atoms. The van der Waals surface area contributed by atoms with Crippen molar-refractivity contribution in [2.75, 3.05) is 5.33 Å². The van der Waals surface area contributed by atoms with Crippen LogP contribution >= 0.6 is 27.5 Å². The van der Waals surface area contributed by atoms with Gasteiger partial charge in [0.15, 0.2) is 0 Å². The average Bonchev–Trinajstić information content (AvgIpc) is 2.29. The first kappa shape index (κ1) is 14.5. The molecule has 1 atom stereocenters. The highest BCUT2D eigenvalue weighted by molar-refractivity contribution is 9.09. The molecule has 17 heavy (non-hydrogen) atoms. The van der Waals surface area contributed by atoms with E-state index in [1.165, 1.54) is 0 Å². The number of carbonyl (C=O) groups excluding carboxylic acids is 1. The van der Waals surface area contributed by atoms with Crippen LogP contribution in [0.3, 0.4) is 0 Å². The summed E-state index contributed by atoms with van der Waals surface area (Å²) >= 11 is 9.19. The predicted molar refractivity (Wildman–Crippen MR) is 76.0 cm³/mol. The molecule has 0 saturated heterocycles. The van der Waals surface area contributed by atoms with Crippen LogP contribution in [0, 0.1) is 5.92 Å². The molecule has 1 rings (SSSR count). The quantitative estimate of drug-likeness (QED) is 0.820. The number of alkyl halides is 1. The molecule has 0 aliphatic rings. The first-order chi connectivity index (χ1) is 8.04. The van der Waals surface area contributed by atoms with Gasteiger partial charge in [-0.25, -0.2) is 0 Å². The number of benzene rings is 1. The Labute approximate surface area is 116 Å². The van der Waals surface area contributed by atoms with Crippen molar-refractivity contribution in [2.45, 2.75) is 26.3 Å². The molecule has 0 spiro atoms. The fraction of sp³-hybridized carbons (Fsp3) is 0.462. The van der Waals surface area contributed by atoms with Crippen molar-refractivity contribution in [3.63, 3.8) is 0 Å². The van der Waals surface area contributed by atoms with Gasteiger partial charge in [-0.15, -0.1) is 0 Å². The molecule has 0 radical (unpaired) electrons. The predicted octanol–water partition coefficient (Wildman–Crippen LogP) is 3.88. The van der Waals surface area contributed by atoms with Gasteiger partial charge in [-0.1, -0.05) is 41.4 Å². The molecule has 1 aromatic carbocycles. The molecular formula is C13H17BrClNO. The first-order valence-electron chi connectivity index (χ1n) is 5.67. The van der Waals surface area contributed by atoms with Crippen molar-refractivity contribution < 1.29 is 4.79 Å². The molecular weight excluding hydrogens is 302 g/mol. The largest absolute Gasteiger partial charge is 0.349 e. The summed E-state index contributed by atoms with van der Waals surface area (Å²) in [6.07, 6.45) is 0.928. The van der Waals surface area contributed by atoms with Crippen LogP contribution in [-0.4, -0.2) is 17.3 Å². The number of halogens is 2. The lowest BCUT2D eigenvalue weighted by Crippen LogP contribution is -2.38. The van der Waals surface area contributed by atoms with Crippen molar-refractivity contribution in [2.24, 2.45) is 5.92 Å². The molecule has 1 N–H and O–H groups in total. The normalized spacial score (nSPS) is 12.5. The van der Waals surface area contributed by atoms with Crippen molar-refractivity contribution in [1.29, 1.82) is 0 Å². The molecule has 1 aromatic rings. The Morgan fingerprint density at radius 2 is 1.94 bits per heavy atom. The van der Waals surface area contributed by atoms with Crippen LogP contribution < -0.4 is 5.32 Å². The minimum absolute atomic E-state index is 0.0404. The second kappa shape index (κ2) is 7.02. The lowest BCUT2D eigenvalue weighted by Gasteiger charge is -2.21. The summed E-state index contributed by atoms with van der Waals surface area (Å²) in [5.41, 5.74) is 0.648. The molecule has 0 saturated carbocycles. The summed E-state index contributed by atoms with van der Waals surface area (Å²) < 4.78 is 0. The molecule has 0 aromatic heterocycles. The molecule has 1 amide bonds. The average molecular weight is 319 g/mol. The zero-order valence-corrected chi connectivity index (χ0v) is 12.4. The summed E-state index contributed by atoms with van der Waals surface area (Å²) in [5, 5.41) is 4.57. The second-order valence-electron chi connectivity index (χ2n) is 4.31. The Balaban J connectivity index is 2.66. The monoisotopic (exact) mass is 317 g/mol. The topological polar surface area (TPSA) is 29.1 Å². The zero-order valence-electron chi connectivity index (χ0n) is 10.0. The summed E-state index contributed by atoms with van der Waals surface area (Å²) in [7, 11) is 0. The first-order valence-corrected chi connectivity index (χ1v) is 7.17. The van der Waals surface area contributed by atoms with Gasteiger partial charge in [0, 0.05) is 22.0 Å². The van der Waals surface area contributed by atoms with Gasteiger partial charge < -0.3 is 5.32 Å². The number of amides is 1. The van der Waals surface area contributed by atoms with Crippen molar-refractivity contribution in [3.8, 4) is 0 Å². The molecule has 2 nitrogen and oxygen atoms in total. The SMILES string of the molecule is CC(C)C(CCBr)NC(=O)c1ccc(Cl)cc1. The number of rotatable bonds is 5. The number of hydrogen-bond donors (Lipinski definition) is 1. The summed E-state index contributed by atoms with van der Waals surface area (Å²) in [6.45, 7) is 4.21. The Morgan fingerprint density at radius 3 is 2.41 bits per heavy atom. The third-order valence-corrected chi connectivity index (χ3v) is 3.36. The van der Waals surface area contributed by atoms with E-state index < -0.39 is 0 Å². The fourth-order valence-electron chi connectivity index (χ4n) is 1.54. The van der Waals surface area contributed by atoms with E-state index in [4.69, 9.17) is 11.6 Å². The van der Waals surface area contributed by atoms with Crippen molar-refractivity contribution >= 4 is 33.4 Å². The second-order valence-corrected chi connectivity index (χ2v) is 5.54. The van der Waals surface area contributed by atoms with Crippen LogP contribution in [0.25, 0.3) is 0 Å². The van der Waals surface area contributed by atoms with Gasteiger partial charge >= 0.3 is 0 Å². The molecule has 0 aliphatic carbocycles. The third kappa shape index (κ3) is 4.68. The maximum absolute atomic E-state index is 12.0. The highest BCUT2D eigenvalue weighted by Gasteiger charge is 2.16. The van der Waals surface area contributed by atoms with Gasteiger partial charge in [-0.2, -0.15) is 0 Å². The van der Waals surface area contributed by atoms with Crippen LogP contribution in [0.15, 0.2) is 24.3 Å². The maximum Gasteiger partial charge on any atom is 0.251 e. The Morgan fingerprint density at radius 1 is 1.35 bits per heavy atom. The van der Waals surface area contributed by atoms with E-state index >= 15 is 0 Å². The van der Waals surface area contributed by atoms with Gasteiger partial charge in [0.1, 0.15) is 0 Å². The van der Waals surface area contributed by atoms with Crippen molar-refractivity contribution in [1.82, 2.24) is 5.32 Å². The van der Waals surface area contributed by atoms with E-state index in [1.54, 1.807) is 24.3 Å². The third-order valence-electron chi connectivity index (χ3n) is 2.65. The molecule has 1 unspecified atom stereocenters. The minimum Gasteiger partial charge on any atom is -0.349 e. The molecule has 0 aliphatic heterocycles. The molecule has 94 valence electrons. The maximum atomic E-state index is 12.0. The van der Waals surface area contributed by atoms with E-state index in [9.17, 15) is 4.79 Å². The lowest BCUT2D eigenvalue weighted by molar-refractivity contribution is 0.0925. The van der Waals surface area contributed by atoms with Crippen LogP contribution in [0.2, 0.25) is 5.02 Å². The van der Waals surface area contributed by atoms with E-state index in [0.717, 1.165) is 11.8 Å². The van der Waals surface area contributed by atoms with Crippen LogP contribution in [-0.2, 0) is 0 Å². The van der Waals surface area contributed by atoms with Crippen molar-refractivity contribution in [3.05, 3.63) is 34.9 Å². The molecule has 0 fully saturated rings. The van der Waals surface area contributed by atoms with E-state index in [-0.39, 0.29) is 11.9 Å².